The van der Waals surface area contributed by atoms with Crippen molar-refractivity contribution in [2.45, 2.75) is 13.2 Å². The highest BCUT2D eigenvalue weighted by atomic mass is 19.3. The van der Waals surface area contributed by atoms with Crippen molar-refractivity contribution in [1.82, 2.24) is 19.7 Å². The van der Waals surface area contributed by atoms with E-state index >= 15 is 0 Å². The highest BCUT2D eigenvalue weighted by Gasteiger charge is 2.15. The highest BCUT2D eigenvalue weighted by Crippen LogP contribution is 2.22. The summed E-state index contributed by atoms with van der Waals surface area (Å²) in [5, 5.41) is 15.1. The summed E-state index contributed by atoms with van der Waals surface area (Å²) >= 11 is 0. The van der Waals surface area contributed by atoms with E-state index in [1.54, 1.807) is 6.07 Å². The zero-order chi connectivity index (χ0) is 20.1. The minimum Gasteiger partial charge on any atom is -0.480 e. The minimum atomic E-state index is -2.92. The monoisotopic (exact) mass is 389 g/mol. The van der Waals surface area contributed by atoms with Gasteiger partial charge in [0.05, 0.1) is 5.69 Å². The van der Waals surface area contributed by atoms with E-state index in [0.717, 1.165) is 4.68 Å². The van der Waals surface area contributed by atoms with E-state index < -0.39 is 25.0 Å². The molecular weight excluding hydrogens is 376 g/mol. The van der Waals surface area contributed by atoms with Crippen LogP contribution in [0.5, 0.6) is 5.75 Å². The first-order valence-electron chi connectivity index (χ1n) is 7.85. The van der Waals surface area contributed by atoms with Crippen LogP contribution in [0.15, 0.2) is 48.8 Å². The number of anilines is 1. The number of hydrogen-bond acceptors (Lipinski definition) is 6. The average molecular weight is 389 g/mol. The maximum atomic E-state index is 12.3. The predicted octanol–water partition coefficient (Wildman–Crippen LogP) is 2.28. The van der Waals surface area contributed by atoms with Gasteiger partial charge in [-0.3, -0.25) is 14.9 Å². The lowest BCUT2D eigenvalue weighted by molar-refractivity contribution is -0.137. The van der Waals surface area contributed by atoms with Crippen molar-refractivity contribution < 1.29 is 28.2 Å². The Balaban J connectivity index is 1.76. The van der Waals surface area contributed by atoms with Crippen LogP contribution in [-0.4, -0.2) is 43.3 Å². The highest BCUT2D eigenvalue weighted by molar-refractivity contribution is 6.02. The number of carboxylic acid groups (broad SMARTS) is 1. The SMILES string of the molecule is O=C(O)Cn1nccc1C(=O)Nc1nccc(-c2ccc(OC(F)F)cc2)n1. The molecule has 2 N–H and O–H groups in total. The van der Waals surface area contributed by atoms with Gasteiger partial charge in [0.2, 0.25) is 5.95 Å². The van der Waals surface area contributed by atoms with Crippen LogP contribution in [0.2, 0.25) is 0 Å². The van der Waals surface area contributed by atoms with Gasteiger partial charge >= 0.3 is 12.6 Å². The van der Waals surface area contributed by atoms with Crippen LogP contribution in [-0.2, 0) is 11.3 Å². The van der Waals surface area contributed by atoms with Crippen molar-refractivity contribution in [2.75, 3.05) is 5.32 Å². The summed E-state index contributed by atoms with van der Waals surface area (Å²) in [6, 6.07) is 8.75. The Kier molecular flexibility index (Phi) is 5.53. The number of nitrogens with zero attached hydrogens (tertiary/aromatic N) is 4. The molecule has 0 radical (unpaired) electrons. The first kappa shape index (κ1) is 18.9. The Morgan fingerprint density at radius 1 is 1.14 bits per heavy atom. The number of rotatable bonds is 7. The van der Waals surface area contributed by atoms with E-state index in [-0.39, 0.29) is 17.4 Å². The molecule has 1 amide bonds. The predicted molar refractivity (Wildman–Crippen MR) is 91.9 cm³/mol. The topological polar surface area (TPSA) is 119 Å². The lowest BCUT2D eigenvalue weighted by Gasteiger charge is -2.08. The third-order valence-electron chi connectivity index (χ3n) is 3.49. The first-order valence-corrected chi connectivity index (χ1v) is 7.85. The second-order valence-corrected chi connectivity index (χ2v) is 5.39. The Morgan fingerprint density at radius 2 is 1.89 bits per heavy atom. The number of halogens is 2. The first-order chi connectivity index (χ1) is 13.4. The second kappa shape index (κ2) is 8.20. The van der Waals surface area contributed by atoms with E-state index in [1.165, 1.54) is 42.7 Å². The fraction of sp³-hybridized carbons (Fsp3) is 0.118. The lowest BCUT2D eigenvalue weighted by atomic mass is 10.1. The molecule has 0 saturated heterocycles. The largest absolute Gasteiger partial charge is 0.480 e. The molecule has 0 fully saturated rings. The molecule has 0 aliphatic carbocycles. The second-order valence-electron chi connectivity index (χ2n) is 5.39. The van der Waals surface area contributed by atoms with E-state index in [1.807, 2.05) is 0 Å². The van der Waals surface area contributed by atoms with Gasteiger partial charge in [0.15, 0.2) is 0 Å². The van der Waals surface area contributed by atoms with Crippen molar-refractivity contribution in [1.29, 1.82) is 0 Å². The van der Waals surface area contributed by atoms with Gasteiger partial charge in [-0.25, -0.2) is 14.6 Å². The quantitative estimate of drug-likeness (QED) is 0.636. The smallest absolute Gasteiger partial charge is 0.387 e. The molecule has 3 aromatic rings. The molecule has 1 aromatic carbocycles. The average Bonchev–Trinajstić information content (AvgIpc) is 3.09. The Morgan fingerprint density at radius 3 is 2.57 bits per heavy atom. The molecule has 144 valence electrons. The van der Waals surface area contributed by atoms with Gasteiger partial charge in [-0.05, 0) is 36.4 Å². The molecule has 11 heteroatoms. The number of carbonyl (C=O) groups excluding carboxylic acids is 1. The third kappa shape index (κ3) is 4.63. The molecular formula is C17H13F2N5O4. The number of alkyl halides is 2. The number of carboxylic acids is 1. The van der Waals surface area contributed by atoms with Crippen LogP contribution in [0.4, 0.5) is 14.7 Å². The van der Waals surface area contributed by atoms with Gasteiger partial charge in [0, 0.05) is 18.0 Å². The van der Waals surface area contributed by atoms with E-state index in [9.17, 15) is 18.4 Å². The molecule has 0 aliphatic heterocycles. The number of amides is 1. The Labute approximate surface area is 156 Å². The number of ether oxygens (including phenoxy) is 1. The van der Waals surface area contributed by atoms with Gasteiger partial charge < -0.3 is 9.84 Å². The van der Waals surface area contributed by atoms with Gasteiger partial charge in [-0.1, -0.05) is 0 Å². The van der Waals surface area contributed by atoms with Crippen LogP contribution in [0.3, 0.4) is 0 Å². The molecule has 0 unspecified atom stereocenters. The molecule has 9 nitrogen and oxygen atoms in total. The fourth-order valence-electron chi connectivity index (χ4n) is 2.33. The fourth-order valence-corrected chi connectivity index (χ4v) is 2.33. The molecule has 0 saturated carbocycles. The van der Waals surface area contributed by atoms with Crippen LogP contribution in [0.1, 0.15) is 10.5 Å². The number of aliphatic carboxylic acids is 1. The van der Waals surface area contributed by atoms with Crippen LogP contribution < -0.4 is 10.1 Å². The van der Waals surface area contributed by atoms with Crippen molar-refractivity contribution in [3.05, 3.63) is 54.5 Å². The number of nitrogens with one attached hydrogen (secondary N) is 1. The molecule has 0 aliphatic rings. The van der Waals surface area contributed by atoms with Crippen LogP contribution >= 0.6 is 0 Å². The lowest BCUT2D eigenvalue weighted by Crippen LogP contribution is -2.21. The summed E-state index contributed by atoms with van der Waals surface area (Å²) in [7, 11) is 0. The van der Waals surface area contributed by atoms with Crippen LogP contribution in [0.25, 0.3) is 11.3 Å². The normalized spacial score (nSPS) is 10.7. The zero-order valence-electron chi connectivity index (χ0n) is 14.1. The van der Waals surface area contributed by atoms with Crippen molar-refractivity contribution in [3.8, 4) is 17.0 Å². The molecule has 3 rings (SSSR count). The van der Waals surface area contributed by atoms with Crippen LogP contribution in [0, 0.1) is 0 Å². The summed E-state index contributed by atoms with van der Waals surface area (Å²) in [6.07, 6.45) is 2.72. The van der Waals surface area contributed by atoms with E-state index in [2.05, 4.69) is 25.1 Å². The molecule has 0 spiro atoms. The van der Waals surface area contributed by atoms with Gasteiger partial charge in [-0.15, -0.1) is 0 Å². The van der Waals surface area contributed by atoms with E-state index in [4.69, 9.17) is 5.11 Å². The molecule has 2 aromatic heterocycles. The molecule has 0 bridgehead atoms. The molecule has 0 atom stereocenters. The number of benzene rings is 1. The van der Waals surface area contributed by atoms with Crippen molar-refractivity contribution >= 4 is 17.8 Å². The maximum Gasteiger partial charge on any atom is 0.387 e. The number of carbonyl (C=O) groups is 2. The maximum absolute atomic E-state index is 12.3. The molecule has 28 heavy (non-hydrogen) atoms. The van der Waals surface area contributed by atoms with Gasteiger partial charge in [0.1, 0.15) is 18.0 Å². The molecule has 2 heterocycles. The summed E-state index contributed by atoms with van der Waals surface area (Å²) in [6.45, 7) is -3.38. The van der Waals surface area contributed by atoms with Crippen molar-refractivity contribution in [3.63, 3.8) is 0 Å². The number of hydrogen-bond donors (Lipinski definition) is 2. The van der Waals surface area contributed by atoms with Gasteiger partial charge in [-0.2, -0.15) is 13.9 Å². The third-order valence-corrected chi connectivity index (χ3v) is 3.49. The Hall–Kier alpha value is -3.89. The standard InChI is InChI=1S/C17H13F2N5O4/c18-16(19)28-11-3-1-10(2-4-11)12-5-7-20-17(22-12)23-15(27)13-6-8-21-24(13)9-14(25)26/h1-8,16H,9H2,(H,25,26)(H,20,22,23,27). The summed E-state index contributed by atoms with van der Waals surface area (Å²) < 4.78 is 29.7. The summed E-state index contributed by atoms with van der Waals surface area (Å²) in [5.41, 5.74) is 1.06. The van der Waals surface area contributed by atoms with Gasteiger partial charge in [0.25, 0.3) is 5.91 Å². The van der Waals surface area contributed by atoms with E-state index in [0.29, 0.717) is 11.3 Å². The minimum absolute atomic E-state index is 0.00743. The summed E-state index contributed by atoms with van der Waals surface area (Å²) in [5.74, 6) is -1.78. The number of aromatic nitrogens is 4. The van der Waals surface area contributed by atoms with Crippen molar-refractivity contribution in [2.24, 2.45) is 0 Å². The Bertz CT molecular complexity index is 991. The zero-order valence-corrected chi connectivity index (χ0v) is 14.1. The summed E-state index contributed by atoms with van der Waals surface area (Å²) in [4.78, 5) is 31.3.